The summed E-state index contributed by atoms with van der Waals surface area (Å²) < 4.78 is 54.7. The standard InChI is InChI=1S/C15H25N3O4S2/c1-13-7-6-10-18(12-13)24(21,22)16-11-14-8-4-5-9-15(14)23(19,20)17(2)3/h4-5,8-9,13,16H,6-7,10-12H2,1-3H3. The largest absolute Gasteiger partial charge is 0.279 e. The molecule has 0 radical (unpaired) electrons. The number of nitrogens with zero attached hydrogens (tertiary/aromatic N) is 2. The molecule has 1 fully saturated rings. The van der Waals surface area contributed by atoms with Crippen LogP contribution in [0.3, 0.4) is 0 Å². The second-order valence-corrected chi connectivity index (χ2v) is 10.2. The van der Waals surface area contributed by atoms with Crippen molar-refractivity contribution in [2.75, 3.05) is 27.2 Å². The lowest BCUT2D eigenvalue weighted by Gasteiger charge is -2.30. The third-order valence-electron chi connectivity index (χ3n) is 4.14. The summed E-state index contributed by atoms with van der Waals surface area (Å²) >= 11 is 0. The van der Waals surface area contributed by atoms with Gasteiger partial charge in [-0.1, -0.05) is 25.1 Å². The van der Waals surface area contributed by atoms with Crippen molar-refractivity contribution in [3.63, 3.8) is 0 Å². The summed E-state index contributed by atoms with van der Waals surface area (Å²) in [6, 6.07) is 6.43. The van der Waals surface area contributed by atoms with E-state index in [-0.39, 0.29) is 11.4 Å². The van der Waals surface area contributed by atoms with Crippen molar-refractivity contribution >= 4 is 20.2 Å². The van der Waals surface area contributed by atoms with E-state index in [2.05, 4.69) is 4.72 Å². The van der Waals surface area contributed by atoms with Gasteiger partial charge in [0.05, 0.1) is 4.90 Å². The highest BCUT2D eigenvalue weighted by Crippen LogP contribution is 2.20. The molecule has 136 valence electrons. The third-order valence-corrected chi connectivity index (χ3v) is 7.57. The number of benzene rings is 1. The van der Waals surface area contributed by atoms with Crippen molar-refractivity contribution < 1.29 is 16.8 Å². The fourth-order valence-electron chi connectivity index (χ4n) is 2.72. The Labute approximate surface area is 144 Å². The predicted molar refractivity (Wildman–Crippen MR) is 93.0 cm³/mol. The molecule has 2 rings (SSSR count). The summed E-state index contributed by atoms with van der Waals surface area (Å²) in [7, 11) is -4.35. The number of piperidine rings is 1. The van der Waals surface area contributed by atoms with Crippen molar-refractivity contribution in [2.45, 2.75) is 31.2 Å². The van der Waals surface area contributed by atoms with E-state index in [1.54, 1.807) is 18.2 Å². The van der Waals surface area contributed by atoms with Gasteiger partial charge in [-0.25, -0.2) is 12.7 Å². The molecule has 0 spiro atoms. The fraction of sp³-hybridized carbons (Fsp3) is 0.600. The highest BCUT2D eigenvalue weighted by Gasteiger charge is 2.27. The van der Waals surface area contributed by atoms with Crippen LogP contribution in [-0.4, -0.2) is 52.6 Å². The molecule has 24 heavy (non-hydrogen) atoms. The van der Waals surface area contributed by atoms with Gasteiger partial charge in [-0.15, -0.1) is 0 Å². The number of nitrogens with one attached hydrogen (secondary N) is 1. The third kappa shape index (κ3) is 4.34. The van der Waals surface area contributed by atoms with Crippen LogP contribution >= 0.6 is 0 Å². The Bertz CT molecular complexity index is 776. The molecule has 0 amide bonds. The van der Waals surface area contributed by atoms with E-state index < -0.39 is 20.2 Å². The smallest absolute Gasteiger partial charge is 0.207 e. The Morgan fingerprint density at radius 2 is 1.88 bits per heavy atom. The molecule has 1 unspecified atom stereocenters. The van der Waals surface area contributed by atoms with Crippen LogP contribution in [0.1, 0.15) is 25.3 Å². The van der Waals surface area contributed by atoms with Crippen molar-refractivity contribution in [1.29, 1.82) is 0 Å². The van der Waals surface area contributed by atoms with Gasteiger partial charge >= 0.3 is 0 Å². The molecule has 1 aromatic rings. The van der Waals surface area contributed by atoms with Gasteiger partial charge in [-0.2, -0.15) is 17.4 Å². The molecule has 0 bridgehead atoms. The van der Waals surface area contributed by atoms with Gasteiger partial charge in [0.15, 0.2) is 0 Å². The van der Waals surface area contributed by atoms with Crippen LogP contribution in [-0.2, 0) is 26.8 Å². The molecular formula is C15H25N3O4S2. The summed E-state index contributed by atoms with van der Waals surface area (Å²) in [5, 5.41) is 0. The SMILES string of the molecule is CC1CCCN(S(=O)(=O)NCc2ccccc2S(=O)(=O)N(C)C)C1. The summed E-state index contributed by atoms with van der Waals surface area (Å²) in [4.78, 5) is 0.115. The number of rotatable bonds is 6. The zero-order valence-corrected chi connectivity index (χ0v) is 15.9. The van der Waals surface area contributed by atoms with Gasteiger partial charge < -0.3 is 0 Å². The summed E-state index contributed by atoms with van der Waals surface area (Å²) in [5.74, 6) is 0.330. The minimum absolute atomic E-state index is 0.0591. The maximum absolute atomic E-state index is 12.5. The van der Waals surface area contributed by atoms with Crippen LogP contribution in [0.4, 0.5) is 0 Å². The highest BCUT2D eigenvalue weighted by atomic mass is 32.2. The predicted octanol–water partition coefficient (Wildman–Crippen LogP) is 1.00. The minimum Gasteiger partial charge on any atom is -0.207 e. The van der Waals surface area contributed by atoms with Crippen LogP contribution in [0.2, 0.25) is 0 Å². The van der Waals surface area contributed by atoms with Gasteiger partial charge in [0.1, 0.15) is 0 Å². The van der Waals surface area contributed by atoms with Gasteiger partial charge in [0, 0.05) is 33.7 Å². The molecule has 1 heterocycles. The molecule has 0 aromatic heterocycles. The first-order chi connectivity index (χ1) is 11.1. The maximum Gasteiger partial charge on any atom is 0.279 e. The molecule has 0 saturated carbocycles. The number of hydrogen-bond acceptors (Lipinski definition) is 4. The van der Waals surface area contributed by atoms with Crippen LogP contribution in [0.5, 0.6) is 0 Å². The Kier molecular flexibility index (Phi) is 6.03. The van der Waals surface area contributed by atoms with E-state index in [0.29, 0.717) is 24.6 Å². The average Bonchev–Trinajstić information content (AvgIpc) is 2.53. The first-order valence-corrected chi connectivity index (χ1v) is 10.8. The quantitative estimate of drug-likeness (QED) is 0.804. The van der Waals surface area contributed by atoms with Crippen LogP contribution in [0, 0.1) is 5.92 Å². The molecule has 9 heteroatoms. The van der Waals surface area contributed by atoms with Crippen LogP contribution in [0.25, 0.3) is 0 Å². The van der Waals surface area contributed by atoms with E-state index in [0.717, 1.165) is 17.1 Å². The zero-order valence-electron chi connectivity index (χ0n) is 14.3. The van der Waals surface area contributed by atoms with E-state index in [1.807, 2.05) is 6.92 Å². The highest BCUT2D eigenvalue weighted by molar-refractivity contribution is 7.89. The Hall–Kier alpha value is -1.00. The molecule has 1 aliphatic rings. The summed E-state index contributed by atoms with van der Waals surface area (Å²) in [5.41, 5.74) is 0.430. The van der Waals surface area contributed by atoms with Gasteiger partial charge in [0.25, 0.3) is 10.2 Å². The molecule has 7 nitrogen and oxygen atoms in total. The molecule has 1 atom stereocenters. The molecule has 1 aromatic carbocycles. The molecule has 1 aliphatic heterocycles. The normalized spacial score (nSPS) is 20.4. The van der Waals surface area contributed by atoms with Gasteiger partial charge in [-0.3, -0.25) is 0 Å². The molecular weight excluding hydrogens is 350 g/mol. The second-order valence-electron chi connectivity index (χ2n) is 6.33. The van der Waals surface area contributed by atoms with E-state index in [1.165, 1.54) is 24.5 Å². The monoisotopic (exact) mass is 375 g/mol. The Balaban J connectivity index is 2.18. The topological polar surface area (TPSA) is 86.8 Å². The molecule has 0 aliphatic carbocycles. The van der Waals surface area contributed by atoms with Crippen LogP contribution in [0.15, 0.2) is 29.2 Å². The van der Waals surface area contributed by atoms with E-state index in [9.17, 15) is 16.8 Å². The van der Waals surface area contributed by atoms with E-state index >= 15 is 0 Å². The van der Waals surface area contributed by atoms with Crippen molar-refractivity contribution in [2.24, 2.45) is 5.92 Å². The fourth-order valence-corrected chi connectivity index (χ4v) is 5.18. The summed E-state index contributed by atoms with van der Waals surface area (Å²) in [6.07, 6.45) is 1.86. The minimum atomic E-state index is -3.62. The second kappa shape index (κ2) is 7.49. The van der Waals surface area contributed by atoms with Gasteiger partial charge in [-0.05, 0) is 30.4 Å². The maximum atomic E-state index is 12.5. The molecule has 1 saturated heterocycles. The molecule has 1 N–H and O–H groups in total. The Morgan fingerprint density at radius 3 is 2.50 bits per heavy atom. The lowest BCUT2D eigenvalue weighted by atomic mass is 10.0. The summed E-state index contributed by atoms with van der Waals surface area (Å²) in [6.45, 7) is 2.96. The van der Waals surface area contributed by atoms with Crippen molar-refractivity contribution in [1.82, 2.24) is 13.3 Å². The number of sulfonamides is 1. The average molecular weight is 376 g/mol. The first kappa shape index (κ1) is 19.3. The number of hydrogen-bond donors (Lipinski definition) is 1. The Morgan fingerprint density at radius 1 is 1.21 bits per heavy atom. The lowest BCUT2D eigenvalue weighted by molar-refractivity contribution is 0.278. The lowest BCUT2D eigenvalue weighted by Crippen LogP contribution is -2.45. The first-order valence-electron chi connectivity index (χ1n) is 7.90. The van der Waals surface area contributed by atoms with Crippen molar-refractivity contribution in [3.8, 4) is 0 Å². The zero-order chi connectivity index (χ0) is 18.0. The van der Waals surface area contributed by atoms with Crippen LogP contribution < -0.4 is 4.72 Å². The van der Waals surface area contributed by atoms with Gasteiger partial charge in [0.2, 0.25) is 10.0 Å². The van der Waals surface area contributed by atoms with E-state index in [4.69, 9.17) is 0 Å². The van der Waals surface area contributed by atoms with Crippen molar-refractivity contribution in [3.05, 3.63) is 29.8 Å².